The van der Waals surface area contributed by atoms with Gasteiger partial charge in [-0.2, -0.15) is 0 Å². The van der Waals surface area contributed by atoms with Crippen LogP contribution in [0.25, 0.3) is 0 Å². The van der Waals surface area contributed by atoms with Gasteiger partial charge in [0.25, 0.3) is 0 Å². The maximum atomic E-state index is 10.4. The molecule has 0 bridgehead atoms. The largest absolute Gasteiger partial charge is 0.387 e. The highest BCUT2D eigenvalue weighted by molar-refractivity contribution is 7.10. The number of nitrogens with one attached hydrogen (secondary N) is 2. The van der Waals surface area contributed by atoms with Gasteiger partial charge in [0.15, 0.2) is 5.96 Å². The second kappa shape index (κ2) is 10.4. The van der Waals surface area contributed by atoms with E-state index in [0.29, 0.717) is 19.1 Å². The van der Waals surface area contributed by atoms with Gasteiger partial charge in [0, 0.05) is 30.4 Å². The molecule has 146 valence electrons. The normalized spacial score (nSPS) is 17.6. The highest BCUT2D eigenvalue weighted by Gasteiger charge is 2.24. The summed E-state index contributed by atoms with van der Waals surface area (Å²) in [4.78, 5) is 12.7. The quantitative estimate of drug-likeness (QED) is 0.480. The summed E-state index contributed by atoms with van der Waals surface area (Å²) in [6.45, 7) is 6.23. The van der Waals surface area contributed by atoms with Gasteiger partial charge in [0.05, 0.1) is 18.7 Å². The third-order valence-electron chi connectivity index (χ3n) is 4.77. The first-order chi connectivity index (χ1) is 13.3. The number of aliphatic hydroxyl groups is 1. The number of pyridine rings is 1. The first-order valence-corrected chi connectivity index (χ1v) is 10.5. The fourth-order valence-corrected chi connectivity index (χ4v) is 4.19. The van der Waals surface area contributed by atoms with Crippen molar-refractivity contribution < 1.29 is 5.11 Å². The molecule has 2 atom stereocenters. The Morgan fingerprint density at radius 3 is 2.70 bits per heavy atom. The molecule has 0 saturated carbocycles. The van der Waals surface area contributed by atoms with E-state index in [2.05, 4.69) is 38.0 Å². The molecule has 0 aromatic carbocycles. The molecular formula is C20H29N5OS. The zero-order chi connectivity index (χ0) is 18.9. The molecule has 6 nitrogen and oxygen atoms in total. The average molecular weight is 388 g/mol. The molecule has 3 rings (SSSR count). The molecule has 3 heterocycles. The molecule has 0 spiro atoms. The van der Waals surface area contributed by atoms with Crippen LogP contribution in [0.15, 0.2) is 47.0 Å². The summed E-state index contributed by atoms with van der Waals surface area (Å²) in [5.41, 5.74) is 0.849. The number of rotatable bonds is 8. The van der Waals surface area contributed by atoms with Crippen LogP contribution < -0.4 is 10.6 Å². The van der Waals surface area contributed by atoms with Gasteiger partial charge in [-0.3, -0.25) is 14.9 Å². The van der Waals surface area contributed by atoms with Gasteiger partial charge in [-0.1, -0.05) is 6.07 Å². The number of likely N-dealkylation sites (tertiary alicyclic amines) is 1. The van der Waals surface area contributed by atoms with Crippen molar-refractivity contribution in [3.8, 4) is 0 Å². The summed E-state index contributed by atoms with van der Waals surface area (Å²) >= 11 is 1.80. The number of aliphatic hydroxyl groups excluding tert-OH is 1. The Hall–Kier alpha value is -1.96. The lowest BCUT2D eigenvalue weighted by molar-refractivity contribution is 0.180. The second-order valence-electron chi connectivity index (χ2n) is 6.67. The van der Waals surface area contributed by atoms with Crippen LogP contribution in [0, 0.1) is 0 Å². The van der Waals surface area contributed by atoms with Gasteiger partial charge in [-0.15, -0.1) is 11.3 Å². The Morgan fingerprint density at radius 1 is 1.26 bits per heavy atom. The fourth-order valence-electron chi connectivity index (χ4n) is 3.34. The van der Waals surface area contributed by atoms with Crippen molar-refractivity contribution in [1.82, 2.24) is 20.5 Å². The number of aromatic nitrogens is 1. The van der Waals surface area contributed by atoms with E-state index in [-0.39, 0.29) is 0 Å². The van der Waals surface area contributed by atoms with Crippen molar-refractivity contribution in [2.45, 2.75) is 31.9 Å². The van der Waals surface area contributed by atoms with Crippen LogP contribution >= 0.6 is 11.3 Å². The molecule has 1 fully saturated rings. The zero-order valence-corrected chi connectivity index (χ0v) is 16.7. The number of hydrogen-bond acceptors (Lipinski definition) is 5. The van der Waals surface area contributed by atoms with E-state index in [1.54, 1.807) is 23.7 Å². The molecule has 0 radical (unpaired) electrons. The molecule has 2 aromatic rings. The third-order valence-corrected chi connectivity index (χ3v) is 5.75. The Balaban J connectivity index is 1.62. The predicted molar refractivity (Wildman–Crippen MR) is 111 cm³/mol. The van der Waals surface area contributed by atoms with Gasteiger partial charge in [-0.05, 0) is 62.0 Å². The Labute approximate surface area is 165 Å². The lowest BCUT2D eigenvalue weighted by Gasteiger charge is -2.25. The van der Waals surface area contributed by atoms with E-state index in [1.807, 2.05) is 19.1 Å². The molecular weight excluding hydrogens is 358 g/mol. The summed E-state index contributed by atoms with van der Waals surface area (Å²) in [6.07, 6.45) is 5.33. The molecule has 1 aliphatic heterocycles. The van der Waals surface area contributed by atoms with E-state index in [4.69, 9.17) is 4.99 Å². The van der Waals surface area contributed by atoms with Crippen LogP contribution in [0.5, 0.6) is 0 Å². The van der Waals surface area contributed by atoms with Crippen LogP contribution in [0.2, 0.25) is 0 Å². The van der Waals surface area contributed by atoms with Crippen molar-refractivity contribution >= 4 is 17.3 Å². The van der Waals surface area contributed by atoms with E-state index in [1.165, 1.54) is 17.7 Å². The van der Waals surface area contributed by atoms with E-state index in [0.717, 1.165) is 31.2 Å². The van der Waals surface area contributed by atoms with Crippen molar-refractivity contribution in [1.29, 1.82) is 0 Å². The maximum absolute atomic E-state index is 10.4. The SMILES string of the molecule is CCNC(=NCC(c1cccs1)N1CCCC1)NCC(O)c1ccncc1. The van der Waals surface area contributed by atoms with Crippen molar-refractivity contribution in [2.24, 2.45) is 4.99 Å². The van der Waals surface area contributed by atoms with Crippen LogP contribution in [-0.2, 0) is 0 Å². The third kappa shape index (κ3) is 5.76. The summed E-state index contributed by atoms with van der Waals surface area (Å²) in [5, 5.41) is 19.0. The molecule has 7 heteroatoms. The van der Waals surface area contributed by atoms with Crippen molar-refractivity contribution in [2.75, 3.05) is 32.7 Å². The molecule has 1 saturated heterocycles. The smallest absolute Gasteiger partial charge is 0.191 e. The van der Waals surface area contributed by atoms with Crippen LogP contribution in [0.1, 0.15) is 42.4 Å². The second-order valence-corrected chi connectivity index (χ2v) is 7.65. The maximum Gasteiger partial charge on any atom is 0.191 e. The number of thiophene rings is 1. The van der Waals surface area contributed by atoms with Crippen molar-refractivity contribution in [3.05, 3.63) is 52.5 Å². The van der Waals surface area contributed by atoms with Crippen molar-refractivity contribution in [3.63, 3.8) is 0 Å². The summed E-state index contributed by atoms with van der Waals surface area (Å²) in [5.74, 6) is 0.742. The first-order valence-electron chi connectivity index (χ1n) is 9.65. The lowest BCUT2D eigenvalue weighted by atomic mass is 10.1. The fraction of sp³-hybridized carbons (Fsp3) is 0.500. The number of nitrogens with zero attached hydrogens (tertiary/aromatic N) is 3. The molecule has 2 unspecified atom stereocenters. The molecule has 27 heavy (non-hydrogen) atoms. The number of aliphatic imine (C=N–C) groups is 1. The average Bonchev–Trinajstić information content (AvgIpc) is 3.41. The lowest BCUT2D eigenvalue weighted by Crippen LogP contribution is -2.40. The highest BCUT2D eigenvalue weighted by Crippen LogP contribution is 2.28. The van der Waals surface area contributed by atoms with Gasteiger partial charge in [0.1, 0.15) is 0 Å². The Kier molecular flexibility index (Phi) is 7.62. The molecule has 0 aliphatic carbocycles. The van der Waals surface area contributed by atoms with Crippen LogP contribution in [0.4, 0.5) is 0 Å². The monoisotopic (exact) mass is 387 g/mol. The Bertz CT molecular complexity index is 686. The number of guanidine groups is 1. The molecule has 0 amide bonds. The summed E-state index contributed by atoms with van der Waals surface area (Å²) < 4.78 is 0. The molecule has 3 N–H and O–H groups in total. The number of hydrogen-bond donors (Lipinski definition) is 3. The van der Waals surface area contributed by atoms with Gasteiger partial charge in [0.2, 0.25) is 0 Å². The highest BCUT2D eigenvalue weighted by atomic mass is 32.1. The topological polar surface area (TPSA) is 72.8 Å². The van der Waals surface area contributed by atoms with E-state index >= 15 is 0 Å². The van der Waals surface area contributed by atoms with E-state index < -0.39 is 6.10 Å². The van der Waals surface area contributed by atoms with Crippen LogP contribution in [0.3, 0.4) is 0 Å². The minimum Gasteiger partial charge on any atom is -0.387 e. The van der Waals surface area contributed by atoms with Gasteiger partial charge in [-0.25, -0.2) is 0 Å². The Morgan fingerprint density at radius 2 is 2.04 bits per heavy atom. The first kappa shape index (κ1) is 19.8. The summed E-state index contributed by atoms with van der Waals surface area (Å²) in [6, 6.07) is 8.30. The minimum absolute atomic E-state index is 0.327. The predicted octanol–water partition coefficient (Wildman–Crippen LogP) is 2.57. The summed E-state index contributed by atoms with van der Waals surface area (Å²) in [7, 11) is 0. The zero-order valence-electron chi connectivity index (χ0n) is 15.8. The van der Waals surface area contributed by atoms with Gasteiger partial charge >= 0.3 is 0 Å². The standard InChI is InChI=1S/C20H29N5OS/c1-2-22-20(24-15-18(26)16-7-9-21-10-8-16)23-14-17(19-6-5-13-27-19)25-11-3-4-12-25/h5-10,13,17-18,26H,2-4,11-12,14-15H2,1H3,(H2,22,23,24). The van der Waals surface area contributed by atoms with E-state index in [9.17, 15) is 5.11 Å². The molecule has 1 aliphatic rings. The molecule has 2 aromatic heterocycles. The van der Waals surface area contributed by atoms with Crippen LogP contribution in [-0.4, -0.2) is 53.7 Å². The minimum atomic E-state index is -0.594. The van der Waals surface area contributed by atoms with Gasteiger partial charge < -0.3 is 15.7 Å².